The van der Waals surface area contributed by atoms with Crippen molar-refractivity contribution in [3.8, 4) is 5.75 Å². The molecular formula is C11H9Cl2NO4. The van der Waals surface area contributed by atoms with Crippen LogP contribution in [0.2, 0.25) is 10.0 Å². The highest BCUT2D eigenvalue weighted by Crippen LogP contribution is 2.32. The molecule has 1 aromatic carbocycles. The molecule has 1 amide bonds. The number of hydrogen-bond acceptors (Lipinski definition) is 3. The van der Waals surface area contributed by atoms with E-state index in [1.54, 1.807) is 0 Å². The molecule has 5 nitrogen and oxygen atoms in total. The summed E-state index contributed by atoms with van der Waals surface area (Å²) in [6.45, 7) is 1.17. The lowest BCUT2D eigenvalue weighted by Gasteiger charge is -2.06. The molecular weight excluding hydrogens is 281 g/mol. The fraction of sp³-hybridized carbons (Fsp3) is 0.0909. The van der Waals surface area contributed by atoms with Crippen LogP contribution in [-0.4, -0.2) is 22.1 Å². The highest BCUT2D eigenvalue weighted by atomic mass is 35.5. The number of rotatable bonds is 3. The van der Waals surface area contributed by atoms with E-state index in [1.807, 2.05) is 0 Å². The third-order valence-corrected chi connectivity index (χ3v) is 2.40. The number of phenols is 1. The van der Waals surface area contributed by atoms with Crippen molar-refractivity contribution in [3.63, 3.8) is 0 Å². The van der Waals surface area contributed by atoms with E-state index in [4.69, 9.17) is 28.3 Å². The smallest absolute Gasteiger partial charge is 0.352 e. The first-order valence-corrected chi connectivity index (χ1v) is 5.47. The number of phenolic OH excluding ortho intramolecular Hbond substituents is 1. The Morgan fingerprint density at radius 2 is 1.94 bits per heavy atom. The Hall–Kier alpha value is -1.72. The minimum atomic E-state index is -1.35. The van der Waals surface area contributed by atoms with Crippen molar-refractivity contribution in [2.45, 2.75) is 6.92 Å². The zero-order valence-electron chi connectivity index (χ0n) is 9.20. The highest BCUT2D eigenvalue weighted by Gasteiger charge is 2.12. The van der Waals surface area contributed by atoms with Crippen LogP contribution >= 0.6 is 23.2 Å². The first-order chi connectivity index (χ1) is 8.31. The van der Waals surface area contributed by atoms with Gasteiger partial charge in [-0.2, -0.15) is 0 Å². The van der Waals surface area contributed by atoms with Gasteiger partial charge in [-0.3, -0.25) is 4.79 Å². The lowest BCUT2D eigenvalue weighted by Crippen LogP contribution is -2.24. The highest BCUT2D eigenvalue weighted by molar-refractivity contribution is 6.35. The third kappa shape index (κ3) is 3.65. The number of carboxylic acid groups (broad SMARTS) is 1. The quantitative estimate of drug-likeness (QED) is 0.745. The predicted molar refractivity (Wildman–Crippen MR) is 67.6 cm³/mol. The van der Waals surface area contributed by atoms with Crippen LogP contribution in [0.4, 0.5) is 0 Å². The normalized spacial score (nSPS) is 11.2. The van der Waals surface area contributed by atoms with Gasteiger partial charge >= 0.3 is 5.97 Å². The van der Waals surface area contributed by atoms with Crippen LogP contribution in [0.15, 0.2) is 17.8 Å². The first kappa shape index (κ1) is 14.3. The van der Waals surface area contributed by atoms with E-state index >= 15 is 0 Å². The number of amides is 1. The summed E-state index contributed by atoms with van der Waals surface area (Å²) < 4.78 is 0. The standard InChI is InChI=1S/C11H9Cl2NO4/c1-5(15)14-9(11(17)18)3-6-2-7(12)4-8(13)10(6)16/h2-4,16H,1H3,(H,14,15)(H,17,18)/b9-3-. The van der Waals surface area contributed by atoms with Gasteiger partial charge in [-0.05, 0) is 18.2 Å². The van der Waals surface area contributed by atoms with Gasteiger partial charge in [-0.15, -0.1) is 0 Å². The Balaban J connectivity index is 3.27. The molecule has 3 N–H and O–H groups in total. The Morgan fingerprint density at radius 3 is 2.44 bits per heavy atom. The lowest BCUT2D eigenvalue weighted by molar-refractivity contribution is -0.134. The molecule has 0 aliphatic carbocycles. The monoisotopic (exact) mass is 289 g/mol. The second-order valence-corrected chi connectivity index (χ2v) is 4.21. The molecule has 7 heteroatoms. The molecule has 1 aromatic rings. The number of nitrogens with one attached hydrogen (secondary N) is 1. The summed E-state index contributed by atoms with van der Waals surface area (Å²) in [6, 6.07) is 2.64. The Labute approximate surface area is 113 Å². The molecule has 1 rings (SSSR count). The molecule has 0 aliphatic rings. The summed E-state index contributed by atoms with van der Waals surface area (Å²) in [6.07, 6.45) is 1.07. The number of benzene rings is 1. The van der Waals surface area contributed by atoms with Crippen LogP contribution in [0.1, 0.15) is 12.5 Å². The van der Waals surface area contributed by atoms with Crippen LogP contribution in [0.5, 0.6) is 5.75 Å². The zero-order chi connectivity index (χ0) is 13.9. The van der Waals surface area contributed by atoms with Crippen LogP contribution < -0.4 is 5.32 Å². The summed E-state index contributed by atoms with van der Waals surface area (Å²) in [5.41, 5.74) is -0.296. The van der Waals surface area contributed by atoms with Crippen molar-refractivity contribution in [1.29, 1.82) is 0 Å². The summed E-state index contributed by atoms with van der Waals surface area (Å²) in [5, 5.41) is 20.9. The number of hydrogen-bond donors (Lipinski definition) is 3. The van der Waals surface area contributed by atoms with Gasteiger partial charge in [0.2, 0.25) is 5.91 Å². The Kier molecular flexibility index (Phi) is 4.58. The van der Waals surface area contributed by atoms with E-state index in [-0.39, 0.29) is 21.4 Å². The number of carbonyl (C=O) groups is 2. The van der Waals surface area contributed by atoms with Crippen LogP contribution in [0, 0.1) is 0 Å². The fourth-order valence-corrected chi connectivity index (χ4v) is 1.70. The number of aromatic hydroxyl groups is 1. The van der Waals surface area contributed by atoms with Crippen molar-refractivity contribution in [2.75, 3.05) is 0 Å². The molecule has 18 heavy (non-hydrogen) atoms. The maximum absolute atomic E-state index is 10.9. The second-order valence-electron chi connectivity index (χ2n) is 3.37. The summed E-state index contributed by atoms with van der Waals surface area (Å²) in [5.74, 6) is -2.21. The van der Waals surface area contributed by atoms with Gasteiger partial charge in [-0.1, -0.05) is 23.2 Å². The summed E-state index contributed by atoms with van der Waals surface area (Å²) in [7, 11) is 0. The average molecular weight is 290 g/mol. The van der Waals surface area contributed by atoms with Crippen LogP contribution in [-0.2, 0) is 9.59 Å². The number of carbonyl (C=O) groups excluding carboxylic acids is 1. The molecule has 0 radical (unpaired) electrons. The molecule has 0 spiro atoms. The molecule has 0 saturated carbocycles. The number of carboxylic acids is 1. The van der Waals surface area contributed by atoms with E-state index < -0.39 is 17.6 Å². The predicted octanol–water partition coefficient (Wildman–Crippen LogP) is 2.26. The number of aliphatic carboxylic acids is 1. The average Bonchev–Trinajstić information content (AvgIpc) is 2.23. The van der Waals surface area contributed by atoms with Crippen molar-refractivity contribution in [2.24, 2.45) is 0 Å². The van der Waals surface area contributed by atoms with Crippen LogP contribution in [0.3, 0.4) is 0 Å². The Bertz CT molecular complexity index is 540. The molecule has 0 aliphatic heterocycles. The van der Waals surface area contributed by atoms with Gasteiger partial charge in [0.05, 0.1) is 5.02 Å². The minimum absolute atomic E-state index is 0.0127. The third-order valence-electron chi connectivity index (χ3n) is 1.90. The van der Waals surface area contributed by atoms with Crippen molar-refractivity contribution < 1.29 is 19.8 Å². The van der Waals surface area contributed by atoms with E-state index in [0.717, 1.165) is 6.08 Å². The fourth-order valence-electron chi connectivity index (χ4n) is 1.19. The first-order valence-electron chi connectivity index (χ1n) is 4.72. The van der Waals surface area contributed by atoms with Crippen molar-refractivity contribution in [3.05, 3.63) is 33.4 Å². The molecule has 96 valence electrons. The summed E-state index contributed by atoms with van der Waals surface area (Å²) >= 11 is 11.4. The lowest BCUT2D eigenvalue weighted by atomic mass is 10.1. The van der Waals surface area contributed by atoms with Gasteiger partial charge in [0.1, 0.15) is 11.4 Å². The van der Waals surface area contributed by atoms with Crippen molar-refractivity contribution in [1.82, 2.24) is 5.32 Å². The van der Waals surface area contributed by atoms with Gasteiger partial charge < -0.3 is 15.5 Å². The van der Waals surface area contributed by atoms with E-state index in [1.165, 1.54) is 19.1 Å². The summed E-state index contributed by atoms with van der Waals surface area (Å²) in [4.78, 5) is 21.7. The molecule has 0 saturated heterocycles. The molecule has 0 unspecified atom stereocenters. The molecule has 0 heterocycles. The largest absolute Gasteiger partial charge is 0.506 e. The molecule has 0 fully saturated rings. The van der Waals surface area contributed by atoms with E-state index in [2.05, 4.69) is 5.32 Å². The minimum Gasteiger partial charge on any atom is -0.506 e. The second kappa shape index (κ2) is 5.75. The maximum Gasteiger partial charge on any atom is 0.352 e. The van der Waals surface area contributed by atoms with E-state index in [0.29, 0.717) is 0 Å². The zero-order valence-corrected chi connectivity index (χ0v) is 10.7. The van der Waals surface area contributed by atoms with Gasteiger partial charge in [0, 0.05) is 17.5 Å². The molecule has 0 atom stereocenters. The number of halogens is 2. The van der Waals surface area contributed by atoms with Gasteiger partial charge in [-0.25, -0.2) is 4.79 Å². The van der Waals surface area contributed by atoms with Gasteiger partial charge in [0.15, 0.2) is 0 Å². The van der Waals surface area contributed by atoms with Gasteiger partial charge in [0.25, 0.3) is 0 Å². The SMILES string of the molecule is CC(=O)N/C(=C\c1cc(Cl)cc(Cl)c1O)C(=O)O. The molecule has 0 aromatic heterocycles. The van der Waals surface area contributed by atoms with Crippen molar-refractivity contribution >= 4 is 41.2 Å². The Morgan fingerprint density at radius 1 is 1.33 bits per heavy atom. The van der Waals surface area contributed by atoms with E-state index in [9.17, 15) is 14.7 Å². The van der Waals surface area contributed by atoms with Crippen LogP contribution in [0.25, 0.3) is 6.08 Å². The maximum atomic E-state index is 10.9. The molecule has 0 bridgehead atoms. The topological polar surface area (TPSA) is 86.6 Å².